The maximum atomic E-state index is 10.8. The number of benzene rings is 1. The van der Waals surface area contributed by atoms with E-state index in [0.717, 1.165) is 47.5 Å². The highest BCUT2D eigenvalue weighted by Gasteiger charge is 2.33. The highest BCUT2D eigenvalue weighted by Crippen LogP contribution is 2.31. The number of anilines is 1. The number of unbranched alkanes of at least 4 members (excludes halogenated alkanes) is 2. The van der Waals surface area contributed by atoms with Crippen LogP contribution in [0.2, 0.25) is 0 Å². The molecule has 1 saturated heterocycles. The Morgan fingerprint density at radius 1 is 1.27 bits per heavy atom. The molecule has 0 aliphatic carbocycles. The van der Waals surface area contributed by atoms with Crippen LogP contribution < -0.4 is 4.90 Å². The van der Waals surface area contributed by atoms with Crippen molar-refractivity contribution in [3.8, 4) is 0 Å². The Hall–Kier alpha value is -1.40. The van der Waals surface area contributed by atoms with E-state index in [9.17, 15) is 9.90 Å². The number of rotatable bonds is 12. The third kappa shape index (κ3) is 6.07. The largest absolute Gasteiger partial charge is 0.396 e. The molecule has 2 heterocycles. The zero-order valence-corrected chi connectivity index (χ0v) is 19.2. The Kier molecular flexibility index (Phi) is 9.19. The monoisotopic (exact) mass is 449 g/mol. The molecule has 1 aliphatic rings. The van der Waals surface area contributed by atoms with E-state index in [-0.39, 0.29) is 23.9 Å². The maximum absolute atomic E-state index is 10.8. The molecule has 164 valence electrons. The number of carbonyl (C=O) groups is 1. The average molecular weight is 450 g/mol. The van der Waals surface area contributed by atoms with Crippen LogP contribution >= 0.6 is 22.9 Å². The van der Waals surface area contributed by atoms with Gasteiger partial charge in [-0.1, -0.05) is 38.3 Å². The molecule has 2 aromatic rings. The van der Waals surface area contributed by atoms with Crippen LogP contribution in [0.25, 0.3) is 0 Å². The summed E-state index contributed by atoms with van der Waals surface area (Å²) in [6, 6.07) is 12.5. The van der Waals surface area contributed by atoms with Crippen molar-refractivity contribution in [2.45, 2.75) is 63.0 Å². The highest BCUT2D eigenvalue weighted by molar-refractivity contribution is 7.13. The zero-order chi connectivity index (χ0) is 21.3. The third-order valence-electron chi connectivity index (χ3n) is 5.87. The molecular formula is C24H32ClNO3S. The molecule has 0 amide bonds. The van der Waals surface area contributed by atoms with Gasteiger partial charge in [-0.25, -0.2) is 0 Å². The molecule has 0 radical (unpaired) electrons. The van der Waals surface area contributed by atoms with Gasteiger partial charge in [-0.3, -0.25) is 4.79 Å². The fourth-order valence-corrected chi connectivity index (χ4v) is 5.16. The van der Waals surface area contributed by atoms with Gasteiger partial charge in [0.1, 0.15) is 0 Å². The first-order valence-electron chi connectivity index (χ1n) is 10.9. The number of aliphatic hydroxyl groups is 1. The number of carbonyl (C=O) groups excluding carboxylic acids is 1. The van der Waals surface area contributed by atoms with E-state index in [1.54, 1.807) is 0 Å². The van der Waals surface area contributed by atoms with E-state index in [4.69, 9.17) is 16.3 Å². The second-order valence-electron chi connectivity index (χ2n) is 7.97. The van der Waals surface area contributed by atoms with Crippen molar-refractivity contribution >= 4 is 34.9 Å². The van der Waals surface area contributed by atoms with Gasteiger partial charge in [-0.15, -0.1) is 22.9 Å². The number of hydrogen-bond donors (Lipinski definition) is 1. The summed E-state index contributed by atoms with van der Waals surface area (Å²) in [5.41, 5.74) is 2.36. The summed E-state index contributed by atoms with van der Waals surface area (Å²) in [5, 5.41) is 9.84. The first-order valence-corrected chi connectivity index (χ1v) is 12.1. The molecule has 1 unspecified atom stereocenters. The fourth-order valence-electron chi connectivity index (χ4n) is 4.09. The third-order valence-corrected chi connectivity index (χ3v) is 7.36. The van der Waals surface area contributed by atoms with E-state index in [1.165, 1.54) is 29.7 Å². The Morgan fingerprint density at radius 2 is 2.07 bits per heavy atom. The quantitative estimate of drug-likeness (QED) is 0.259. The van der Waals surface area contributed by atoms with E-state index < -0.39 is 0 Å². The Morgan fingerprint density at radius 3 is 2.73 bits per heavy atom. The number of hydrogen-bond acceptors (Lipinski definition) is 5. The molecule has 4 nitrogen and oxygen atoms in total. The van der Waals surface area contributed by atoms with E-state index in [1.807, 2.05) is 12.1 Å². The van der Waals surface area contributed by atoms with Gasteiger partial charge >= 0.3 is 0 Å². The van der Waals surface area contributed by atoms with Crippen LogP contribution in [0.3, 0.4) is 0 Å². The fraction of sp³-hybridized carbons (Fsp3) is 0.542. The topological polar surface area (TPSA) is 49.8 Å². The Balaban J connectivity index is 1.58. The summed E-state index contributed by atoms with van der Waals surface area (Å²) in [6.45, 7) is 4.37. The van der Waals surface area contributed by atoms with Gasteiger partial charge in [0, 0.05) is 29.6 Å². The van der Waals surface area contributed by atoms with Gasteiger partial charge in [-0.05, 0) is 42.7 Å². The smallest absolute Gasteiger partial charge is 0.160 e. The molecule has 1 aromatic heterocycles. The predicted octanol–water partition coefficient (Wildman–Crippen LogP) is 5.62. The van der Waals surface area contributed by atoms with Crippen molar-refractivity contribution in [3.63, 3.8) is 0 Å². The number of ether oxygens (including phenoxy) is 1. The van der Waals surface area contributed by atoms with Crippen molar-refractivity contribution in [3.05, 3.63) is 51.7 Å². The summed E-state index contributed by atoms with van der Waals surface area (Å²) >= 11 is 8.07. The van der Waals surface area contributed by atoms with Gasteiger partial charge in [-0.2, -0.15) is 0 Å². The van der Waals surface area contributed by atoms with Crippen LogP contribution in [0.5, 0.6) is 0 Å². The molecule has 1 aromatic carbocycles. The lowest BCUT2D eigenvalue weighted by atomic mass is 9.93. The van der Waals surface area contributed by atoms with Crippen molar-refractivity contribution < 1.29 is 14.6 Å². The molecule has 0 saturated carbocycles. The number of halogens is 1. The van der Waals surface area contributed by atoms with Crippen LogP contribution in [0, 0.1) is 0 Å². The number of thiophene rings is 1. The molecule has 1 N–H and O–H groups in total. The SMILES string of the molecule is CCCCC[C@@H](CO)c1ccc(N2CCC(Cl)[C@@H]2COCc2ccc(C=O)s2)cc1. The standard InChI is InChI=1S/C24H32ClNO3S/c1-2-3-4-5-19(14-27)18-6-8-20(9-7-18)26-13-12-23(25)24(26)17-29-16-22-11-10-21(15-28)30-22/h6-11,15,19,23-24,27H,2-5,12-14,16-17H2,1H3/t19-,23?,24-/m0/s1. The van der Waals surface area contributed by atoms with Gasteiger partial charge in [0.25, 0.3) is 0 Å². The molecule has 3 rings (SSSR count). The number of alkyl halides is 1. The molecule has 3 atom stereocenters. The highest BCUT2D eigenvalue weighted by atomic mass is 35.5. The van der Waals surface area contributed by atoms with Gasteiger partial charge in [0.05, 0.1) is 29.5 Å². The van der Waals surface area contributed by atoms with Gasteiger partial charge < -0.3 is 14.7 Å². The summed E-state index contributed by atoms with van der Waals surface area (Å²) in [6.07, 6.45) is 6.39. The van der Waals surface area contributed by atoms with Crippen LogP contribution in [0.15, 0.2) is 36.4 Å². The second kappa shape index (κ2) is 11.8. The molecule has 30 heavy (non-hydrogen) atoms. The Bertz CT molecular complexity index is 779. The lowest BCUT2D eigenvalue weighted by Gasteiger charge is -2.28. The molecule has 0 bridgehead atoms. The van der Waals surface area contributed by atoms with Gasteiger partial charge in [0.2, 0.25) is 0 Å². The molecule has 6 heteroatoms. The van der Waals surface area contributed by atoms with Crippen molar-refractivity contribution in [1.82, 2.24) is 0 Å². The summed E-state index contributed by atoms with van der Waals surface area (Å²) in [7, 11) is 0. The van der Waals surface area contributed by atoms with Crippen LogP contribution in [-0.2, 0) is 11.3 Å². The lowest BCUT2D eigenvalue weighted by molar-refractivity contribution is 0.111. The zero-order valence-electron chi connectivity index (χ0n) is 17.6. The predicted molar refractivity (Wildman–Crippen MR) is 125 cm³/mol. The summed E-state index contributed by atoms with van der Waals surface area (Å²) in [5.74, 6) is 0.214. The molecule has 1 aliphatic heterocycles. The summed E-state index contributed by atoms with van der Waals surface area (Å²) in [4.78, 5) is 14.9. The minimum Gasteiger partial charge on any atom is -0.396 e. The lowest BCUT2D eigenvalue weighted by Crippen LogP contribution is -2.37. The Labute approximate surface area is 188 Å². The van der Waals surface area contributed by atoms with Crippen LogP contribution in [0.4, 0.5) is 5.69 Å². The number of nitrogens with zero attached hydrogens (tertiary/aromatic N) is 1. The average Bonchev–Trinajstić information content (AvgIpc) is 3.38. The van der Waals surface area contributed by atoms with E-state index in [2.05, 4.69) is 36.1 Å². The minimum absolute atomic E-state index is 0.0535. The van der Waals surface area contributed by atoms with Gasteiger partial charge in [0.15, 0.2) is 6.29 Å². The minimum atomic E-state index is 0.0535. The summed E-state index contributed by atoms with van der Waals surface area (Å²) < 4.78 is 5.95. The van der Waals surface area contributed by atoms with Crippen molar-refractivity contribution in [2.75, 3.05) is 24.7 Å². The molecule has 1 fully saturated rings. The normalized spacial score (nSPS) is 19.9. The maximum Gasteiger partial charge on any atom is 0.160 e. The molecule has 0 spiro atoms. The molecular weight excluding hydrogens is 418 g/mol. The second-order valence-corrected chi connectivity index (χ2v) is 9.73. The van der Waals surface area contributed by atoms with E-state index >= 15 is 0 Å². The first kappa shape index (κ1) is 23.3. The first-order chi connectivity index (χ1) is 14.7. The van der Waals surface area contributed by atoms with Crippen LogP contribution in [0.1, 0.15) is 65.1 Å². The number of aldehydes is 1. The van der Waals surface area contributed by atoms with Crippen molar-refractivity contribution in [2.24, 2.45) is 0 Å². The number of aliphatic hydroxyl groups excluding tert-OH is 1. The van der Waals surface area contributed by atoms with Crippen LogP contribution in [-0.4, -0.2) is 42.6 Å². The van der Waals surface area contributed by atoms with E-state index in [0.29, 0.717) is 13.2 Å². The van der Waals surface area contributed by atoms with Crippen molar-refractivity contribution in [1.29, 1.82) is 0 Å².